The number of hydrogen-bond donors (Lipinski definition) is 1. The molecule has 1 atom stereocenters. The lowest BCUT2D eigenvalue weighted by Crippen LogP contribution is -2.32. The summed E-state index contributed by atoms with van der Waals surface area (Å²) in [4.78, 5) is 15.9. The highest BCUT2D eigenvalue weighted by molar-refractivity contribution is 7.09. The second kappa shape index (κ2) is 5.02. The fourth-order valence-electron chi connectivity index (χ4n) is 3.22. The Labute approximate surface area is 112 Å². The van der Waals surface area contributed by atoms with Crippen LogP contribution in [0.25, 0.3) is 0 Å². The normalized spacial score (nSPS) is 29.4. The van der Waals surface area contributed by atoms with Crippen molar-refractivity contribution in [2.75, 3.05) is 19.6 Å². The summed E-state index contributed by atoms with van der Waals surface area (Å²) >= 11 is 1.83. The summed E-state index contributed by atoms with van der Waals surface area (Å²) in [6.07, 6.45) is 4.29. The summed E-state index contributed by atoms with van der Waals surface area (Å²) in [5, 5.41) is 5.15. The van der Waals surface area contributed by atoms with Crippen molar-refractivity contribution in [1.29, 1.82) is 0 Å². The van der Waals surface area contributed by atoms with Crippen LogP contribution in [0.4, 0.5) is 0 Å². The molecule has 2 fully saturated rings. The highest BCUT2D eigenvalue weighted by atomic mass is 32.1. The third kappa shape index (κ3) is 2.31. The molecule has 0 unspecified atom stereocenters. The van der Waals surface area contributed by atoms with E-state index in [1.165, 1.54) is 4.88 Å². The van der Waals surface area contributed by atoms with Gasteiger partial charge >= 0.3 is 0 Å². The first-order valence-corrected chi connectivity index (χ1v) is 7.70. The van der Waals surface area contributed by atoms with Crippen LogP contribution < -0.4 is 5.32 Å². The Hall–Kier alpha value is -0.870. The summed E-state index contributed by atoms with van der Waals surface area (Å²) in [5.74, 6) is 0.306. The third-order valence-corrected chi connectivity index (χ3v) is 5.23. The summed E-state index contributed by atoms with van der Waals surface area (Å²) in [5.41, 5.74) is -0.0375. The average molecular weight is 264 g/mol. The summed E-state index contributed by atoms with van der Waals surface area (Å²) in [6, 6.07) is 4.32. The van der Waals surface area contributed by atoms with E-state index in [9.17, 15) is 4.79 Å². The van der Waals surface area contributed by atoms with E-state index in [0.29, 0.717) is 5.91 Å². The Kier molecular flexibility index (Phi) is 3.39. The summed E-state index contributed by atoms with van der Waals surface area (Å²) < 4.78 is 0. The average Bonchev–Trinajstić information content (AvgIpc) is 2.92. The van der Waals surface area contributed by atoms with Crippen molar-refractivity contribution in [2.24, 2.45) is 5.41 Å². The highest BCUT2D eigenvalue weighted by Crippen LogP contribution is 2.38. The Bertz CT molecular complexity index is 417. The zero-order valence-electron chi connectivity index (χ0n) is 10.7. The van der Waals surface area contributed by atoms with Crippen LogP contribution >= 0.6 is 11.3 Å². The van der Waals surface area contributed by atoms with Crippen LogP contribution in [0.1, 0.15) is 30.6 Å². The first-order chi connectivity index (χ1) is 8.78. The number of likely N-dealkylation sites (tertiary alicyclic amines) is 1. The van der Waals surface area contributed by atoms with Crippen LogP contribution in [0.15, 0.2) is 17.5 Å². The molecule has 0 radical (unpaired) electrons. The van der Waals surface area contributed by atoms with Crippen LogP contribution in [0.3, 0.4) is 0 Å². The molecule has 0 aliphatic carbocycles. The van der Waals surface area contributed by atoms with Gasteiger partial charge < -0.3 is 5.32 Å². The lowest BCUT2D eigenvalue weighted by molar-refractivity contribution is -0.128. The molecular formula is C14H20N2OS. The number of amides is 1. The van der Waals surface area contributed by atoms with Gasteiger partial charge in [0.2, 0.25) is 5.91 Å². The maximum absolute atomic E-state index is 12.0. The van der Waals surface area contributed by atoms with Gasteiger partial charge in [0.25, 0.3) is 0 Å². The maximum Gasteiger partial charge on any atom is 0.226 e. The number of carbonyl (C=O) groups is 1. The minimum atomic E-state index is -0.0375. The van der Waals surface area contributed by atoms with E-state index in [0.717, 1.165) is 51.9 Å². The van der Waals surface area contributed by atoms with Crippen LogP contribution in [-0.4, -0.2) is 30.4 Å². The summed E-state index contributed by atoms with van der Waals surface area (Å²) in [6.45, 7) is 4.12. The molecule has 3 heterocycles. The fraction of sp³-hybridized carbons (Fsp3) is 0.643. The van der Waals surface area contributed by atoms with Crippen molar-refractivity contribution < 1.29 is 4.79 Å². The highest BCUT2D eigenvalue weighted by Gasteiger charge is 2.42. The number of hydrogen-bond acceptors (Lipinski definition) is 3. The van der Waals surface area contributed by atoms with Crippen molar-refractivity contribution in [3.05, 3.63) is 22.4 Å². The van der Waals surface area contributed by atoms with E-state index in [2.05, 4.69) is 27.7 Å². The molecule has 0 aromatic carbocycles. The number of thiophene rings is 1. The lowest BCUT2D eigenvalue weighted by Gasteiger charge is -2.24. The van der Waals surface area contributed by atoms with Gasteiger partial charge in [0, 0.05) is 18.0 Å². The largest absolute Gasteiger partial charge is 0.356 e. The quantitative estimate of drug-likeness (QED) is 0.888. The van der Waals surface area contributed by atoms with Crippen molar-refractivity contribution >= 4 is 17.2 Å². The first kappa shape index (κ1) is 12.2. The molecule has 0 saturated carbocycles. The second-order valence-electron chi connectivity index (χ2n) is 5.50. The number of rotatable bonds is 2. The Morgan fingerprint density at radius 1 is 1.33 bits per heavy atom. The predicted molar refractivity (Wildman–Crippen MR) is 73.5 cm³/mol. The van der Waals surface area contributed by atoms with Crippen LogP contribution in [0.5, 0.6) is 0 Å². The molecule has 2 saturated heterocycles. The van der Waals surface area contributed by atoms with Crippen molar-refractivity contribution in [3.8, 4) is 0 Å². The SMILES string of the molecule is O=C1NCC[C@@]12CCCN(Cc1cccs1)CC2. The fourth-order valence-corrected chi connectivity index (χ4v) is 3.97. The van der Waals surface area contributed by atoms with Gasteiger partial charge in [-0.2, -0.15) is 0 Å². The van der Waals surface area contributed by atoms with Crippen molar-refractivity contribution in [2.45, 2.75) is 32.2 Å². The molecule has 1 aromatic rings. The molecule has 0 bridgehead atoms. The van der Waals surface area contributed by atoms with Crippen LogP contribution in [0, 0.1) is 5.41 Å². The smallest absolute Gasteiger partial charge is 0.226 e. The second-order valence-corrected chi connectivity index (χ2v) is 6.53. The van der Waals surface area contributed by atoms with Crippen molar-refractivity contribution in [3.63, 3.8) is 0 Å². The standard InChI is InChI=1S/C14H20N2OS/c17-13-14(5-7-15-13)4-2-8-16(9-6-14)11-12-3-1-10-18-12/h1,3,10H,2,4-9,11H2,(H,15,17)/t14-/m1/s1. The van der Waals surface area contributed by atoms with E-state index in [4.69, 9.17) is 0 Å². The minimum Gasteiger partial charge on any atom is -0.356 e. The van der Waals surface area contributed by atoms with Crippen LogP contribution in [0.2, 0.25) is 0 Å². The Morgan fingerprint density at radius 3 is 3.00 bits per heavy atom. The molecule has 1 amide bonds. The lowest BCUT2D eigenvalue weighted by atomic mass is 9.79. The maximum atomic E-state index is 12.0. The number of carbonyl (C=O) groups excluding carboxylic acids is 1. The molecule has 98 valence electrons. The van der Waals surface area contributed by atoms with E-state index < -0.39 is 0 Å². The molecule has 4 heteroatoms. The molecule has 3 rings (SSSR count). The minimum absolute atomic E-state index is 0.0375. The number of nitrogens with zero attached hydrogens (tertiary/aromatic N) is 1. The Balaban J connectivity index is 1.63. The molecule has 18 heavy (non-hydrogen) atoms. The zero-order valence-corrected chi connectivity index (χ0v) is 11.5. The van der Waals surface area contributed by atoms with Gasteiger partial charge in [-0.25, -0.2) is 0 Å². The monoisotopic (exact) mass is 264 g/mol. The Morgan fingerprint density at radius 2 is 2.28 bits per heavy atom. The van der Waals surface area contributed by atoms with E-state index in [1.54, 1.807) is 0 Å². The third-order valence-electron chi connectivity index (χ3n) is 4.37. The van der Waals surface area contributed by atoms with E-state index in [1.807, 2.05) is 11.3 Å². The molecular weight excluding hydrogens is 244 g/mol. The first-order valence-electron chi connectivity index (χ1n) is 6.82. The predicted octanol–water partition coefficient (Wildman–Crippen LogP) is 2.24. The van der Waals surface area contributed by atoms with Gasteiger partial charge in [-0.15, -0.1) is 11.3 Å². The van der Waals surface area contributed by atoms with Gasteiger partial charge in [-0.05, 0) is 50.2 Å². The van der Waals surface area contributed by atoms with Gasteiger partial charge in [-0.1, -0.05) is 6.07 Å². The van der Waals surface area contributed by atoms with Gasteiger partial charge in [0.15, 0.2) is 0 Å². The molecule has 2 aliphatic heterocycles. The molecule has 3 nitrogen and oxygen atoms in total. The van der Waals surface area contributed by atoms with Gasteiger partial charge in [0.1, 0.15) is 0 Å². The molecule has 1 aromatic heterocycles. The molecule has 1 spiro atoms. The van der Waals surface area contributed by atoms with Gasteiger partial charge in [0.05, 0.1) is 5.41 Å². The van der Waals surface area contributed by atoms with Crippen LogP contribution in [-0.2, 0) is 11.3 Å². The van der Waals surface area contributed by atoms with Gasteiger partial charge in [-0.3, -0.25) is 9.69 Å². The topological polar surface area (TPSA) is 32.3 Å². The van der Waals surface area contributed by atoms with E-state index >= 15 is 0 Å². The number of nitrogens with one attached hydrogen (secondary N) is 1. The van der Waals surface area contributed by atoms with Crippen molar-refractivity contribution in [1.82, 2.24) is 10.2 Å². The summed E-state index contributed by atoms with van der Waals surface area (Å²) in [7, 11) is 0. The van der Waals surface area contributed by atoms with E-state index in [-0.39, 0.29) is 5.41 Å². The zero-order chi connectivity index (χ0) is 12.4. The molecule has 2 aliphatic rings. The molecule has 1 N–H and O–H groups in total.